The average Bonchev–Trinajstić information content (AvgIpc) is 3.41. The molecule has 278 valence electrons. The van der Waals surface area contributed by atoms with Crippen molar-refractivity contribution in [3.63, 3.8) is 0 Å². The first-order valence-corrected chi connectivity index (χ1v) is 19.0. The van der Waals surface area contributed by atoms with Crippen LogP contribution in [0.5, 0.6) is 5.75 Å². The lowest BCUT2D eigenvalue weighted by atomic mass is 9.93. The van der Waals surface area contributed by atoms with Crippen LogP contribution >= 0.6 is 27.5 Å². The molecular weight excluding hydrogens is 748 g/mol. The largest absolute Gasteiger partial charge is 0.497 e. The fourth-order valence-electron chi connectivity index (χ4n) is 6.88. The number of halogens is 2. The molecule has 4 aromatic rings. The standard InChI is InChI=1S/C40H48BrClN4O6/c1-5-45(31-9-7-6-8-10-31)25-29-21-28(22-35(41)38(29)43)40(49)52-20-18-44(3)17-19-51-37(47)24-33-26(2)46(36-16-15-32(50-4)23-34(33)36)39(48)27-11-13-30(42)14-12-27/h11-16,21-23,31H,5-10,17-20,24-25,43H2,1-4H3. The van der Waals surface area contributed by atoms with Crippen molar-refractivity contribution < 1.29 is 28.6 Å². The lowest BCUT2D eigenvalue weighted by molar-refractivity contribution is -0.143. The minimum absolute atomic E-state index is 0.0203. The van der Waals surface area contributed by atoms with Crippen LogP contribution in [0.15, 0.2) is 59.1 Å². The van der Waals surface area contributed by atoms with E-state index in [-0.39, 0.29) is 25.5 Å². The van der Waals surface area contributed by atoms with E-state index in [0.29, 0.717) is 74.5 Å². The average molecular weight is 796 g/mol. The third-order valence-corrected chi connectivity index (χ3v) is 10.8. The number of anilines is 1. The topological polar surface area (TPSA) is 116 Å². The summed E-state index contributed by atoms with van der Waals surface area (Å²) in [7, 11) is 3.44. The Morgan fingerprint density at radius 2 is 1.65 bits per heavy atom. The molecule has 0 atom stereocenters. The molecule has 5 rings (SSSR count). The van der Waals surface area contributed by atoms with Gasteiger partial charge in [-0.05, 0) is 115 Å². The van der Waals surface area contributed by atoms with Crippen molar-refractivity contribution in [2.24, 2.45) is 0 Å². The van der Waals surface area contributed by atoms with Gasteiger partial charge in [0.25, 0.3) is 5.91 Å². The minimum Gasteiger partial charge on any atom is -0.497 e. The van der Waals surface area contributed by atoms with E-state index in [2.05, 4.69) is 27.8 Å². The van der Waals surface area contributed by atoms with Crippen LogP contribution in [0, 0.1) is 6.92 Å². The predicted molar refractivity (Wildman–Crippen MR) is 208 cm³/mol. The molecule has 0 bridgehead atoms. The van der Waals surface area contributed by atoms with E-state index in [4.69, 9.17) is 31.5 Å². The van der Waals surface area contributed by atoms with Crippen LogP contribution in [0.2, 0.25) is 5.02 Å². The van der Waals surface area contributed by atoms with Crippen LogP contribution in [0.25, 0.3) is 10.9 Å². The number of hydrogen-bond donors (Lipinski definition) is 1. The first-order chi connectivity index (χ1) is 25.0. The number of benzene rings is 3. The van der Waals surface area contributed by atoms with Gasteiger partial charge < -0.3 is 19.9 Å². The second-order valence-electron chi connectivity index (χ2n) is 13.3. The number of nitrogen functional groups attached to an aromatic ring is 1. The quantitative estimate of drug-likeness (QED) is 0.0956. The normalized spacial score (nSPS) is 13.5. The van der Waals surface area contributed by atoms with Crippen LogP contribution < -0.4 is 10.5 Å². The first-order valence-electron chi connectivity index (χ1n) is 17.8. The van der Waals surface area contributed by atoms with Gasteiger partial charge in [-0.1, -0.05) is 37.8 Å². The molecule has 0 spiro atoms. The molecule has 12 heteroatoms. The number of methoxy groups -OCH3 is 1. The van der Waals surface area contributed by atoms with Crippen molar-refractivity contribution in [1.29, 1.82) is 0 Å². The molecule has 52 heavy (non-hydrogen) atoms. The molecule has 1 aromatic heterocycles. The number of aromatic nitrogens is 1. The van der Waals surface area contributed by atoms with Gasteiger partial charge in [-0.15, -0.1) is 0 Å². The van der Waals surface area contributed by atoms with Crippen LogP contribution in [0.4, 0.5) is 5.69 Å². The molecule has 1 saturated carbocycles. The molecule has 0 radical (unpaired) electrons. The Labute approximate surface area is 319 Å². The third kappa shape index (κ3) is 9.55. The number of ether oxygens (including phenoxy) is 3. The first kappa shape index (κ1) is 39.3. The van der Waals surface area contributed by atoms with Crippen molar-refractivity contribution in [3.05, 3.63) is 92.0 Å². The van der Waals surface area contributed by atoms with Crippen molar-refractivity contribution in [2.45, 2.75) is 65.0 Å². The van der Waals surface area contributed by atoms with Crippen LogP contribution in [0.3, 0.4) is 0 Å². The van der Waals surface area contributed by atoms with Gasteiger partial charge in [-0.25, -0.2) is 4.79 Å². The second kappa shape index (κ2) is 18.2. The van der Waals surface area contributed by atoms with E-state index in [1.54, 1.807) is 48.1 Å². The summed E-state index contributed by atoms with van der Waals surface area (Å²) in [6.07, 6.45) is 6.16. The zero-order chi connectivity index (χ0) is 37.4. The maximum absolute atomic E-state index is 13.6. The highest BCUT2D eigenvalue weighted by atomic mass is 79.9. The summed E-state index contributed by atoms with van der Waals surface area (Å²) < 4.78 is 19.0. The maximum atomic E-state index is 13.6. The fourth-order valence-corrected chi connectivity index (χ4v) is 7.51. The second-order valence-corrected chi connectivity index (χ2v) is 14.6. The Kier molecular flexibility index (Phi) is 13.8. The number of rotatable bonds is 15. The Balaban J connectivity index is 1.13. The van der Waals surface area contributed by atoms with Gasteiger partial charge in [-0.2, -0.15) is 0 Å². The molecule has 0 unspecified atom stereocenters. The van der Waals surface area contributed by atoms with Gasteiger partial charge in [-0.3, -0.25) is 24.0 Å². The fraction of sp³-hybridized carbons (Fsp3) is 0.425. The maximum Gasteiger partial charge on any atom is 0.338 e. The highest BCUT2D eigenvalue weighted by molar-refractivity contribution is 9.10. The van der Waals surface area contributed by atoms with E-state index < -0.39 is 11.9 Å². The molecule has 1 aliphatic carbocycles. The van der Waals surface area contributed by atoms with Crippen LogP contribution in [-0.2, 0) is 27.2 Å². The summed E-state index contributed by atoms with van der Waals surface area (Å²) in [5.41, 5.74) is 10.9. The smallest absolute Gasteiger partial charge is 0.338 e. The summed E-state index contributed by atoms with van der Waals surface area (Å²) in [6, 6.07) is 16.2. The number of hydrogen-bond acceptors (Lipinski definition) is 9. The molecule has 0 saturated heterocycles. The SMILES string of the molecule is CCN(Cc1cc(C(=O)OCCN(C)CCOC(=O)Cc2c(C)n(C(=O)c3ccc(Cl)cc3)c3ccc(OC)cc23)cc(Br)c1N)C1CCCCC1. The number of esters is 2. The molecule has 10 nitrogen and oxygen atoms in total. The Hall–Kier alpha value is -3.90. The molecule has 1 aliphatic rings. The number of carbonyl (C=O) groups excluding carboxylic acids is 3. The van der Waals surface area contributed by atoms with Crippen molar-refractivity contribution >= 4 is 62.0 Å². The number of likely N-dealkylation sites (N-methyl/N-ethyl adjacent to an activating group) is 1. The third-order valence-electron chi connectivity index (χ3n) is 9.92. The zero-order valence-electron chi connectivity index (χ0n) is 30.4. The zero-order valence-corrected chi connectivity index (χ0v) is 32.7. The molecule has 2 N–H and O–H groups in total. The number of fused-ring (bicyclic) bond motifs is 1. The Morgan fingerprint density at radius 3 is 2.33 bits per heavy atom. The summed E-state index contributed by atoms with van der Waals surface area (Å²) in [6.45, 7) is 6.81. The minimum atomic E-state index is -0.418. The Bertz CT molecular complexity index is 1890. The lowest BCUT2D eigenvalue weighted by Gasteiger charge is -2.34. The number of nitrogens with two attached hydrogens (primary N) is 1. The highest BCUT2D eigenvalue weighted by Crippen LogP contribution is 2.32. The monoisotopic (exact) mass is 794 g/mol. The van der Waals surface area contributed by atoms with Crippen LogP contribution in [0.1, 0.15) is 76.6 Å². The van der Waals surface area contributed by atoms with Crippen molar-refractivity contribution in [3.8, 4) is 5.75 Å². The van der Waals surface area contributed by atoms with Gasteiger partial charge >= 0.3 is 11.9 Å². The molecule has 0 aliphatic heterocycles. The van der Waals surface area contributed by atoms with E-state index >= 15 is 0 Å². The summed E-state index contributed by atoms with van der Waals surface area (Å²) in [5.74, 6) is -0.446. The van der Waals surface area contributed by atoms with E-state index in [1.165, 1.54) is 32.1 Å². The molecule has 1 heterocycles. The van der Waals surface area contributed by atoms with Crippen molar-refractivity contribution in [2.75, 3.05) is 52.7 Å². The van der Waals surface area contributed by atoms with E-state index in [9.17, 15) is 14.4 Å². The molecular formula is C40H48BrClN4O6. The predicted octanol–water partition coefficient (Wildman–Crippen LogP) is 7.67. The summed E-state index contributed by atoms with van der Waals surface area (Å²) in [4.78, 5) is 44.1. The van der Waals surface area contributed by atoms with Gasteiger partial charge in [0.05, 0.1) is 30.3 Å². The van der Waals surface area contributed by atoms with Crippen molar-refractivity contribution in [1.82, 2.24) is 14.4 Å². The molecule has 0 amide bonds. The molecule has 3 aromatic carbocycles. The highest BCUT2D eigenvalue weighted by Gasteiger charge is 2.24. The van der Waals surface area contributed by atoms with E-state index in [0.717, 1.165) is 17.5 Å². The van der Waals surface area contributed by atoms with E-state index in [1.807, 2.05) is 37.1 Å². The van der Waals surface area contributed by atoms with Gasteiger partial charge in [0, 0.05) is 51.8 Å². The van der Waals surface area contributed by atoms with Gasteiger partial charge in [0.2, 0.25) is 0 Å². The summed E-state index contributed by atoms with van der Waals surface area (Å²) in [5, 5.41) is 1.27. The van der Waals surface area contributed by atoms with Gasteiger partial charge in [0.15, 0.2) is 0 Å². The Morgan fingerprint density at radius 1 is 0.962 bits per heavy atom. The lowest BCUT2D eigenvalue weighted by Crippen LogP contribution is -2.36. The van der Waals surface area contributed by atoms with Gasteiger partial charge in [0.1, 0.15) is 19.0 Å². The number of nitrogens with zero attached hydrogens (tertiary/aromatic N) is 3. The number of carbonyl (C=O) groups is 3. The summed E-state index contributed by atoms with van der Waals surface area (Å²) >= 11 is 9.58. The van der Waals surface area contributed by atoms with Crippen LogP contribution in [-0.4, -0.2) is 85.3 Å². The molecule has 1 fully saturated rings.